The summed E-state index contributed by atoms with van der Waals surface area (Å²) in [4.78, 5) is 10.0. The Morgan fingerprint density at radius 2 is 1.83 bits per heavy atom. The van der Waals surface area contributed by atoms with Crippen molar-refractivity contribution in [3.63, 3.8) is 0 Å². The summed E-state index contributed by atoms with van der Waals surface area (Å²) in [5.41, 5.74) is -0.114. The average Bonchev–Trinajstić information content (AvgIpc) is 2.53. The van der Waals surface area contributed by atoms with Crippen molar-refractivity contribution in [3.8, 4) is 11.5 Å². The molecule has 2 aromatic carbocycles. The van der Waals surface area contributed by atoms with Gasteiger partial charge in [-0.15, -0.1) is 0 Å². The fourth-order valence-electron chi connectivity index (χ4n) is 2.22. The molecule has 0 aromatic heterocycles. The normalized spacial score (nSPS) is 11.0. The van der Waals surface area contributed by atoms with E-state index in [0.29, 0.717) is 5.75 Å². The predicted molar refractivity (Wildman–Crippen MR) is 88.2 cm³/mol. The highest BCUT2D eigenvalue weighted by Gasteiger charge is 2.28. The smallest absolute Gasteiger partial charge is 0.290 e. The SMILES string of the molecule is COc1ccc(OC)c(NS(=O)(=O)c2c(C)cccc2[N+](=O)[O-])c1. The lowest BCUT2D eigenvalue weighted by molar-refractivity contribution is -0.387. The molecule has 0 atom stereocenters. The minimum Gasteiger partial charge on any atom is -0.497 e. The van der Waals surface area contributed by atoms with Crippen LogP contribution in [0.5, 0.6) is 11.5 Å². The first-order valence-corrected chi connectivity index (χ1v) is 8.27. The van der Waals surface area contributed by atoms with Crippen molar-refractivity contribution < 1.29 is 22.8 Å². The number of hydrogen-bond donors (Lipinski definition) is 1. The largest absolute Gasteiger partial charge is 0.497 e. The number of anilines is 1. The van der Waals surface area contributed by atoms with Crippen LogP contribution in [0.15, 0.2) is 41.3 Å². The zero-order valence-electron chi connectivity index (χ0n) is 13.3. The lowest BCUT2D eigenvalue weighted by atomic mass is 10.2. The summed E-state index contributed by atoms with van der Waals surface area (Å²) in [5.74, 6) is 0.670. The molecule has 24 heavy (non-hydrogen) atoms. The Kier molecular flexibility index (Phi) is 4.93. The highest BCUT2D eigenvalue weighted by Crippen LogP contribution is 2.33. The molecule has 0 heterocycles. The minimum absolute atomic E-state index is 0.120. The van der Waals surface area contributed by atoms with Gasteiger partial charge in [0.25, 0.3) is 15.7 Å². The zero-order valence-corrected chi connectivity index (χ0v) is 14.1. The molecule has 0 bridgehead atoms. The topological polar surface area (TPSA) is 108 Å². The van der Waals surface area contributed by atoms with Gasteiger partial charge in [0, 0.05) is 12.1 Å². The van der Waals surface area contributed by atoms with Crippen LogP contribution >= 0.6 is 0 Å². The number of sulfonamides is 1. The van der Waals surface area contributed by atoms with Gasteiger partial charge in [0.1, 0.15) is 11.5 Å². The number of benzene rings is 2. The third-order valence-corrected chi connectivity index (χ3v) is 4.86. The van der Waals surface area contributed by atoms with Crippen molar-refractivity contribution in [2.45, 2.75) is 11.8 Å². The lowest BCUT2D eigenvalue weighted by Gasteiger charge is -2.14. The Morgan fingerprint density at radius 1 is 1.12 bits per heavy atom. The first-order chi connectivity index (χ1) is 11.3. The molecular formula is C15H16N2O6S. The summed E-state index contributed by atoms with van der Waals surface area (Å²) < 4.78 is 37.9. The fraction of sp³-hybridized carbons (Fsp3) is 0.200. The van der Waals surface area contributed by atoms with Crippen LogP contribution in [0, 0.1) is 17.0 Å². The van der Waals surface area contributed by atoms with Crippen molar-refractivity contribution in [2.24, 2.45) is 0 Å². The Hall–Kier alpha value is -2.81. The predicted octanol–water partition coefficient (Wildman–Crippen LogP) is 2.72. The number of nitrogens with zero attached hydrogens (tertiary/aromatic N) is 1. The van der Waals surface area contributed by atoms with Crippen LogP contribution in [0.4, 0.5) is 11.4 Å². The van der Waals surface area contributed by atoms with Crippen LogP contribution < -0.4 is 14.2 Å². The maximum Gasteiger partial charge on any atom is 0.290 e. The average molecular weight is 352 g/mol. The Bertz CT molecular complexity index is 880. The molecule has 0 amide bonds. The molecule has 0 spiro atoms. The van der Waals surface area contributed by atoms with Crippen LogP contribution in [-0.2, 0) is 10.0 Å². The molecule has 0 saturated carbocycles. The van der Waals surface area contributed by atoms with Gasteiger partial charge in [-0.2, -0.15) is 0 Å². The number of ether oxygens (including phenoxy) is 2. The number of methoxy groups -OCH3 is 2. The first kappa shape index (κ1) is 17.5. The van der Waals surface area contributed by atoms with Gasteiger partial charge in [-0.05, 0) is 24.6 Å². The molecule has 0 aliphatic carbocycles. The van der Waals surface area contributed by atoms with E-state index in [1.807, 2.05) is 0 Å². The Morgan fingerprint density at radius 3 is 2.42 bits per heavy atom. The maximum absolute atomic E-state index is 12.7. The quantitative estimate of drug-likeness (QED) is 0.632. The van der Waals surface area contributed by atoms with Gasteiger partial charge in [0.15, 0.2) is 4.90 Å². The van der Waals surface area contributed by atoms with Crippen LogP contribution in [0.1, 0.15) is 5.56 Å². The third-order valence-electron chi connectivity index (χ3n) is 3.31. The standard InChI is InChI=1S/C15H16N2O6S/c1-10-5-4-6-13(17(18)19)15(10)24(20,21)16-12-9-11(22-2)7-8-14(12)23-3/h4-9,16H,1-3H3. The third kappa shape index (κ3) is 3.40. The fourth-order valence-corrected chi connectivity index (χ4v) is 3.68. The van der Waals surface area contributed by atoms with E-state index in [9.17, 15) is 18.5 Å². The van der Waals surface area contributed by atoms with Gasteiger partial charge in [-0.1, -0.05) is 12.1 Å². The highest BCUT2D eigenvalue weighted by molar-refractivity contribution is 7.93. The molecule has 128 valence electrons. The van der Waals surface area contributed by atoms with Crippen molar-refractivity contribution in [1.82, 2.24) is 0 Å². The summed E-state index contributed by atoms with van der Waals surface area (Å²) in [6.07, 6.45) is 0. The first-order valence-electron chi connectivity index (χ1n) is 6.79. The van der Waals surface area contributed by atoms with Crippen LogP contribution in [0.3, 0.4) is 0 Å². The molecule has 8 nitrogen and oxygen atoms in total. The molecule has 9 heteroatoms. The second-order valence-corrected chi connectivity index (χ2v) is 6.47. The van der Waals surface area contributed by atoms with Gasteiger partial charge in [0.2, 0.25) is 0 Å². The minimum atomic E-state index is -4.20. The van der Waals surface area contributed by atoms with Crippen molar-refractivity contribution in [2.75, 3.05) is 18.9 Å². The molecule has 0 aliphatic heterocycles. The van der Waals surface area contributed by atoms with E-state index in [-0.39, 0.29) is 21.9 Å². The number of nitro groups is 1. The maximum atomic E-state index is 12.7. The van der Waals surface area contributed by atoms with E-state index >= 15 is 0 Å². The van der Waals surface area contributed by atoms with E-state index in [1.54, 1.807) is 6.07 Å². The molecule has 0 saturated heterocycles. The molecule has 0 aliphatic rings. The Balaban J connectivity index is 2.57. The summed E-state index contributed by atoms with van der Waals surface area (Å²) >= 11 is 0. The molecule has 0 fully saturated rings. The van der Waals surface area contributed by atoms with Crippen molar-refractivity contribution >= 4 is 21.4 Å². The number of nitro benzene ring substituents is 1. The van der Waals surface area contributed by atoms with Gasteiger partial charge in [0.05, 0.1) is 24.8 Å². The molecule has 2 rings (SSSR count). The van der Waals surface area contributed by atoms with Gasteiger partial charge in [-0.3, -0.25) is 14.8 Å². The van der Waals surface area contributed by atoms with Crippen LogP contribution in [-0.4, -0.2) is 27.6 Å². The summed E-state index contributed by atoms with van der Waals surface area (Å²) in [6, 6.07) is 8.63. The van der Waals surface area contributed by atoms with Gasteiger partial charge >= 0.3 is 0 Å². The molecule has 2 aromatic rings. The van der Waals surface area contributed by atoms with Crippen molar-refractivity contribution in [1.29, 1.82) is 0 Å². The molecule has 0 radical (unpaired) electrons. The van der Waals surface area contributed by atoms with Crippen LogP contribution in [0.2, 0.25) is 0 Å². The van der Waals surface area contributed by atoms with Crippen molar-refractivity contribution in [3.05, 3.63) is 52.1 Å². The number of nitrogens with one attached hydrogen (secondary N) is 1. The second-order valence-electron chi connectivity index (χ2n) is 4.85. The summed E-state index contributed by atoms with van der Waals surface area (Å²) in [5, 5.41) is 11.2. The van der Waals surface area contributed by atoms with Gasteiger partial charge < -0.3 is 9.47 Å². The summed E-state index contributed by atoms with van der Waals surface area (Å²) in [7, 11) is -1.38. The van der Waals surface area contributed by atoms with E-state index < -0.39 is 20.6 Å². The van der Waals surface area contributed by atoms with E-state index in [0.717, 1.165) is 6.07 Å². The molecular weight excluding hydrogens is 336 g/mol. The monoisotopic (exact) mass is 352 g/mol. The van der Waals surface area contributed by atoms with Crippen LogP contribution in [0.25, 0.3) is 0 Å². The van der Waals surface area contributed by atoms with E-state index in [4.69, 9.17) is 9.47 Å². The second kappa shape index (κ2) is 6.75. The lowest BCUT2D eigenvalue weighted by Crippen LogP contribution is -2.16. The van der Waals surface area contributed by atoms with Gasteiger partial charge in [-0.25, -0.2) is 8.42 Å². The number of aryl methyl sites for hydroxylation is 1. The molecule has 1 N–H and O–H groups in total. The highest BCUT2D eigenvalue weighted by atomic mass is 32.2. The zero-order chi connectivity index (χ0) is 17.9. The number of hydrogen-bond acceptors (Lipinski definition) is 6. The molecule has 0 unspecified atom stereocenters. The summed E-state index contributed by atoms with van der Waals surface area (Å²) in [6.45, 7) is 1.49. The van der Waals surface area contributed by atoms with E-state index in [1.165, 1.54) is 45.4 Å². The van der Waals surface area contributed by atoms with E-state index in [2.05, 4.69) is 4.72 Å². The Labute approximate surface area is 139 Å². The number of rotatable bonds is 6.